The van der Waals surface area contributed by atoms with Crippen molar-refractivity contribution in [2.45, 2.75) is 58.6 Å². The Balaban J connectivity index is 2.18. The first kappa shape index (κ1) is 18.0. The van der Waals surface area contributed by atoms with Crippen LogP contribution in [-0.2, 0) is 25.3 Å². The highest BCUT2D eigenvalue weighted by Crippen LogP contribution is 2.41. The van der Waals surface area contributed by atoms with Crippen molar-refractivity contribution in [1.29, 1.82) is 0 Å². The molecule has 0 bridgehead atoms. The Bertz CT molecular complexity index is 539. The SMILES string of the molecule is COC(=O)C(C)(CB1OC(C)(C)C(C)(C)O1)Cc1ccccc1. The minimum absolute atomic E-state index is 0.240. The number of esters is 1. The van der Waals surface area contributed by atoms with Gasteiger partial charge in [-0.15, -0.1) is 0 Å². The van der Waals surface area contributed by atoms with Crippen molar-refractivity contribution in [2.75, 3.05) is 7.11 Å². The van der Waals surface area contributed by atoms with Crippen molar-refractivity contribution in [3.8, 4) is 0 Å². The van der Waals surface area contributed by atoms with Crippen LogP contribution in [0.3, 0.4) is 0 Å². The Morgan fingerprint density at radius 2 is 1.65 bits per heavy atom. The molecule has 1 fully saturated rings. The van der Waals surface area contributed by atoms with Crippen molar-refractivity contribution >= 4 is 13.1 Å². The highest BCUT2D eigenvalue weighted by molar-refractivity contribution is 6.46. The van der Waals surface area contributed by atoms with E-state index >= 15 is 0 Å². The van der Waals surface area contributed by atoms with Gasteiger partial charge >= 0.3 is 13.1 Å². The van der Waals surface area contributed by atoms with Crippen LogP contribution in [0, 0.1) is 5.41 Å². The van der Waals surface area contributed by atoms with Gasteiger partial charge in [0.15, 0.2) is 0 Å². The number of ether oxygens (including phenoxy) is 1. The van der Waals surface area contributed by atoms with E-state index in [4.69, 9.17) is 14.0 Å². The molecule has 2 rings (SSSR count). The molecular weight excluding hydrogens is 291 g/mol. The lowest BCUT2D eigenvalue weighted by molar-refractivity contribution is -0.150. The summed E-state index contributed by atoms with van der Waals surface area (Å²) in [5.41, 5.74) is -0.405. The van der Waals surface area contributed by atoms with Crippen LogP contribution >= 0.6 is 0 Å². The van der Waals surface area contributed by atoms with E-state index in [0.717, 1.165) is 5.56 Å². The number of hydrogen-bond donors (Lipinski definition) is 0. The van der Waals surface area contributed by atoms with Gasteiger partial charge in [-0.3, -0.25) is 4.79 Å². The monoisotopic (exact) mass is 318 g/mol. The standard InChI is InChI=1S/C18H27BO4/c1-16(2)17(3,4)23-19(22-16)13-18(5,15(20)21-6)12-14-10-8-7-9-11-14/h7-11H,12-13H2,1-6H3. The van der Waals surface area contributed by atoms with Gasteiger partial charge in [0.25, 0.3) is 0 Å². The van der Waals surface area contributed by atoms with E-state index in [1.165, 1.54) is 7.11 Å². The predicted molar refractivity (Wildman–Crippen MR) is 91.2 cm³/mol. The van der Waals surface area contributed by atoms with Crippen molar-refractivity contribution in [2.24, 2.45) is 5.41 Å². The summed E-state index contributed by atoms with van der Waals surface area (Å²) in [5, 5.41) is 0. The summed E-state index contributed by atoms with van der Waals surface area (Å²) >= 11 is 0. The number of methoxy groups -OCH3 is 1. The van der Waals surface area contributed by atoms with Gasteiger partial charge < -0.3 is 14.0 Å². The van der Waals surface area contributed by atoms with Crippen LogP contribution in [0.2, 0.25) is 6.32 Å². The van der Waals surface area contributed by atoms with Crippen molar-refractivity contribution in [3.05, 3.63) is 35.9 Å². The van der Waals surface area contributed by atoms with Crippen LogP contribution in [0.5, 0.6) is 0 Å². The van der Waals surface area contributed by atoms with E-state index in [-0.39, 0.29) is 5.97 Å². The van der Waals surface area contributed by atoms with E-state index < -0.39 is 23.7 Å². The second kappa shape index (κ2) is 6.29. The Morgan fingerprint density at radius 1 is 1.13 bits per heavy atom. The average molecular weight is 318 g/mol. The highest BCUT2D eigenvalue weighted by atomic mass is 16.7. The summed E-state index contributed by atoms with van der Waals surface area (Å²) in [7, 11) is 1.00. The molecule has 0 amide bonds. The predicted octanol–water partition coefficient (Wildman–Crippen LogP) is 3.50. The summed E-state index contributed by atoms with van der Waals surface area (Å²) in [6, 6.07) is 9.95. The van der Waals surface area contributed by atoms with Crippen LogP contribution in [0.15, 0.2) is 30.3 Å². The van der Waals surface area contributed by atoms with E-state index in [1.807, 2.05) is 65.0 Å². The Kier molecular flexibility index (Phi) is 4.93. The molecule has 1 aliphatic rings. The number of rotatable bonds is 5. The molecule has 0 radical (unpaired) electrons. The smallest absolute Gasteiger partial charge is 0.458 e. The van der Waals surface area contributed by atoms with Crippen LogP contribution in [-0.4, -0.2) is 31.4 Å². The van der Waals surface area contributed by atoms with E-state index in [1.54, 1.807) is 0 Å². The molecule has 0 spiro atoms. The molecule has 0 saturated carbocycles. The molecule has 126 valence electrons. The molecule has 1 saturated heterocycles. The Hall–Kier alpha value is -1.33. The Labute approximate surface area is 139 Å². The third-order valence-electron chi connectivity index (χ3n) is 5.03. The van der Waals surface area contributed by atoms with Gasteiger partial charge in [-0.2, -0.15) is 0 Å². The van der Waals surface area contributed by atoms with Crippen molar-refractivity contribution in [1.82, 2.24) is 0 Å². The normalized spacial score (nSPS) is 21.7. The summed E-state index contributed by atoms with van der Waals surface area (Å²) in [6.07, 6.45) is 1.05. The molecule has 4 nitrogen and oxygen atoms in total. The lowest BCUT2D eigenvalue weighted by Crippen LogP contribution is -2.41. The van der Waals surface area contributed by atoms with Crippen molar-refractivity contribution in [3.63, 3.8) is 0 Å². The third-order valence-corrected chi connectivity index (χ3v) is 5.03. The molecular formula is C18H27BO4. The van der Waals surface area contributed by atoms with Crippen LogP contribution in [0.4, 0.5) is 0 Å². The number of benzene rings is 1. The maximum absolute atomic E-state index is 12.4. The van der Waals surface area contributed by atoms with Gasteiger partial charge in [-0.1, -0.05) is 30.3 Å². The molecule has 1 aromatic carbocycles. The topological polar surface area (TPSA) is 44.8 Å². The molecule has 1 unspecified atom stereocenters. The first-order valence-electron chi connectivity index (χ1n) is 8.08. The molecule has 0 N–H and O–H groups in total. The molecule has 0 aliphatic carbocycles. The zero-order chi connectivity index (χ0) is 17.3. The van der Waals surface area contributed by atoms with E-state index in [0.29, 0.717) is 12.7 Å². The van der Waals surface area contributed by atoms with E-state index in [9.17, 15) is 4.79 Å². The quantitative estimate of drug-likeness (QED) is 0.616. The molecule has 5 heteroatoms. The largest absolute Gasteiger partial charge is 0.469 e. The fourth-order valence-corrected chi connectivity index (χ4v) is 2.94. The maximum atomic E-state index is 12.4. The lowest BCUT2D eigenvalue weighted by atomic mass is 9.66. The average Bonchev–Trinajstić information content (AvgIpc) is 2.65. The van der Waals surface area contributed by atoms with Gasteiger partial charge in [0.1, 0.15) is 0 Å². The Morgan fingerprint density at radius 3 is 2.13 bits per heavy atom. The molecule has 1 aliphatic heterocycles. The van der Waals surface area contributed by atoms with E-state index in [2.05, 4.69) is 0 Å². The number of carbonyl (C=O) groups excluding carboxylic acids is 1. The van der Waals surface area contributed by atoms with Crippen LogP contribution in [0.1, 0.15) is 40.2 Å². The molecule has 23 heavy (non-hydrogen) atoms. The van der Waals surface area contributed by atoms with Crippen molar-refractivity contribution < 1.29 is 18.8 Å². The van der Waals surface area contributed by atoms with Gasteiger partial charge in [-0.25, -0.2) is 0 Å². The zero-order valence-electron chi connectivity index (χ0n) is 15.0. The van der Waals surface area contributed by atoms with Gasteiger partial charge in [0.05, 0.1) is 23.7 Å². The first-order chi connectivity index (χ1) is 10.6. The van der Waals surface area contributed by atoms with Crippen LogP contribution < -0.4 is 0 Å². The summed E-state index contributed by atoms with van der Waals surface area (Å²) in [6.45, 7) is 9.97. The maximum Gasteiger partial charge on any atom is 0.458 e. The van der Waals surface area contributed by atoms with Gasteiger partial charge in [0, 0.05) is 0 Å². The third kappa shape index (κ3) is 3.78. The highest BCUT2D eigenvalue weighted by Gasteiger charge is 2.54. The molecule has 1 aromatic rings. The lowest BCUT2D eigenvalue weighted by Gasteiger charge is -2.32. The summed E-state index contributed by atoms with van der Waals surface area (Å²) in [4.78, 5) is 12.4. The minimum atomic E-state index is -0.697. The number of carbonyl (C=O) groups is 1. The fraction of sp³-hybridized carbons (Fsp3) is 0.611. The fourth-order valence-electron chi connectivity index (χ4n) is 2.94. The molecule has 1 atom stereocenters. The van der Waals surface area contributed by atoms with Gasteiger partial charge in [0.2, 0.25) is 0 Å². The molecule has 1 heterocycles. The van der Waals surface area contributed by atoms with Gasteiger partial charge in [-0.05, 0) is 52.9 Å². The minimum Gasteiger partial charge on any atom is -0.469 e. The second-order valence-electron chi connectivity index (χ2n) is 7.60. The first-order valence-corrected chi connectivity index (χ1v) is 8.08. The summed E-state index contributed by atoms with van der Waals surface area (Å²) in [5.74, 6) is -0.240. The second-order valence-corrected chi connectivity index (χ2v) is 7.60. The van der Waals surface area contributed by atoms with Crippen LogP contribution in [0.25, 0.3) is 0 Å². The molecule has 0 aromatic heterocycles. The number of hydrogen-bond acceptors (Lipinski definition) is 4. The summed E-state index contributed by atoms with van der Waals surface area (Å²) < 4.78 is 17.2. The zero-order valence-corrected chi connectivity index (χ0v) is 15.0.